The highest BCUT2D eigenvalue weighted by Crippen LogP contribution is 2.44. The Morgan fingerprint density at radius 3 is 1.70 bits per heavy atom. The van der Waals surface area contributed by atoms with Crippen molar-refractivity contribution < 1.29 is 34.4 Å². The fraction of sp³-hybridized carbons (Fsp3) is 0.270. The molecule has 0 heterocycles. The second-order valence-corrected chi connectivity index (χ2v) is 11.7. The summed E-state index contributed by atoms with van der Waals surface area (Å²) >= 11 is 0. The van der Waals surface area contributed by atoms with Crippen LogP contribution in [0.4, 0.5) is 9.59 Å². The van der Waals surface area contributed by atoms with Crippen molar-refractivity contribution in [2.75, 3.05) is 19.7 Å². The monoisotopic (exact) mass is 637 g/mol. The van der Waals surface area contributed by atoms with E-state index in [2.05, 4.69) is 10.6 Å². The minimum Gasteiger partial charge on any atom is -0.465 e. The zero-order valence-corrected chi connectivity index (χ0v) is 25.8. The van der Waals surface area contributed by atoms with Gasteiger partial charge in [0.1, 0.15) is 6.61 Å². The number of aliphatic hydroxyl groups is 2. The molecular weight excluding hydrogens is 598 g/mol. The number of benzene rings is 4. The van der Waals surface area contributed by atoms with E-state index >= 15 is 0 Å². The number of nitrogens with zero attached hydrogens (tertiary/aromatic N) is 1. The Labute approximate surface area is 273 Å². The largest absolute Gasteiger partial charge is 0.465 e. The third kappa shape index (κ3) is 8.55. The topological polar surface area (TPSA) is 148 Å². The number of nitrogens with one attached hydrogen (secondary N) is 2. The molecule has 10 nitrogen and oxygen atoms in total. The fourth-order valence-corrected chi connectivity index (χ4v) is 6.19. The first kappa shape index (κ1) is 33.2. The number of carbonyl (C=O) groups is 3. The van der Waals surface area contributed by atoms with Crippen molar-refractivity contribution in [1.29, 1.82) is 0 Å². The quantitative estimate of drug-likeness (QED) is 0.123. The third-order valence-electron chi connectivity index (χ3n) is 8.53. The summed E-state index contributed by atoms with van der Waals surface area (Å²) in [5.74, 6) is -0.217. The van der Waals surface area contributed by atoms with Crippen molar-refractivity contribution in [2.45, 2.75) is 43.1 Å². The second-order valence-electron chi connectivity index (χ2n) is 11.7. The van der Waals surface area contributed by atoms with E-state index < -0.39 is 36.5 Å². The Hall–Kier alpha value is -5.19. The van der Waals surface area contributed by atoms with Crippen molar-refractivity contribution >= 4 is 18.6 Å². The van der Waals surface area contributed by atoms with E-state index in [0.717, 1.165) is 33.4 Å². The van der Waals surface area contributed by atoms with E-state index in [4.69, 9.17) is 4.74 Å². The van der Waals surface area contributed by atoms with E-state index in [1.807, 2.05) is 109 Å². The van der Waals surface area contributed by atoms with Gasteiger partial charge in [-0.3, -0.25) is 4.79 Å². The summed E-state index contributed by atoms with van der Waals surface area (Å²) in [5, 5.41) is 37.2. The van der Waals surface area contributed by atoms with Crippen LogP contribution < -0.4 is 10.6 Å². The van der Waals surface area contributed by atoms with Crippen LogP contribution in [0.25, 0.3) is 11.1 Å². The van der Waals surface area contributed by atoms with Crippen molar-refractivity contribution in [2.24, 2.45) is 0 Å². The number of hydrogen-bond donors (Lipinski definition) is 5. The van der Waals surface area contributed by atoms with E-state index in [1.165, 1.54) is 4.90 Å². The van der Waals surface area contributed by atoms with Crippen LogP contribution in [-0.4, -0.2) is 82.8 Å². The molecule has 0 aliphatic heterocycles. The molecule has 1 aliphatic carbocycles. The molecule has 0 saturated heterocycles. The smallest absolute Gasteiger partial charge is 0.409 e. The number of aliphatic hydroxyl groups excluding tert-OH is 2. The zero-order valence-electron chi connectivity index (χ0n) is 25.8. The summed E-state index contributed by atoms with van der Waals surface area (Å²) in [6.07, 6.45) is -3.76. The van der Waals surface area contributed by atoms with Crippen molar-refractivity contribution in [1.82, 2.24) is 15.5 Å². The Balaban J connectivity index is 1.36. The molecule has 0 bridgehead atoms. The van der Waals surface area contributed by atoms with E-state index in [9.17, 15) is 29.7 Å². The molecule has 0 saturated carbocycles. The molecule has 0 fully saturated rings. The average Bonchev–Trinajstić information content (AvgIpc) is 3.40. The fourth-order valence-electron chi connectivity index (χ4n) is 6.19. The van der Waals surface area contributed by atoms with Gasteiger partial charge in [-0.05, 0) is 46.2 Å². The molecule has 5 rings (SSSR count). The van der Waals surface area contributed by atoms with Crippen LogP contribution in [0.1, 0.15) is 28.2 Å². The van der Waals surface area contributed by atoms with Crippen LogP contribution in [0.15, 0.2) is 109 Å². The summed E-state index contributed by atoms with van der Waals surface area (Å²) in [6.45, 7) is -0.627. The van der Waals surface area contributed by atoms with Gasteiger partial charge in [0, 0.05) is 5.92 Å². The van der Waals surface area contributed by atoms with E-state index in [1.54, 1.807) is 0 Å². The van der Waals surface area contributed by atoms with Gasteiger partial charge in [-0.25, -0.2) is 9.59 Å². The molecule has 47 heavy (non-hydrogen) atoms. The van der Waals surface area contributed by atoms with Crippen molar-refractivity contribution in [3.8, 4) is 11.1 Å². The number of rotatable bonds is 15. The van der Waals surface area contributed by atoms with Gasteiger partial charge < -0.3 is 35.6 Å². The van der Waals surface area contributed by atoms with Gasteiger partial charge in [0.15, 0.2) is 0 Å². The highest BCUT2D eigenvalue weighted by atomic mass is 16.6. The van der Waals surface area contributed by atoms with Crippen LogP contribution in [0.2, 0.25) is 0 Å². The standard InChI is InChI=1S/C37H39N3O7/c41-24-38-32(19-25-11-3-1-4-12-25)34(42)21-40(22-35(43)33(39-36(44)45)20-26-13-5-2-6-14-26)37(46)47-23-31-29-17-9-7-15-27(29)28-16-8-10-18-30(28)31/h1-18,24,31-35,39,42-43H,19-23H2,(H,38,41)(H,44,45)/t32-,33-,34?,35+/m0/s1. The Morgan fingerprint density at radius 1 is 0.723 bits per heavy atom. The maximum absolute atomic E-state index is 13.8. The Kier molecular flexibility index (Phi) is 11.2. The number of hydrogen-bond acceptors (Lipinski definition) is 6. The molecule has 0 aromatic heterocycles. The number of carbonyl (C=O) groups excluding carboxylic acids is 2. The number of fused-ring (bicyclic) bond motifs is 3. The third-order valence-corrected chi connectivity index (χ3v) is 8.53. The molecule has 0 spiro atoms. The maximum Gasteiger partial charge on any atom is 0.409 e. The van der Waals surface area contributed by atoms with Gasteiger partial charge in [0.25, 0.3) is 0 Å². The molecule has 5 N–H and O–H groups in total. The Bertz CT molecular complexity index is 1590. The maximum atomic E-state index is 13.8. The van der Waals surface area contributed by atoms with Crippen LogP contribution in [-0.2, 0) is 22.4 Å². The first-order chi connectivity index (χ1) is 22.8. The number of ether oxygens (including phenoxy) is 1. The molecule has 1 aliphatic rings. The van der Waals surface area contributed by atoms with Gasteiger partial charge in [0.2, 0.25) is 6.41 Å². The van der Waals surface area contributed by atoms with E-state index in [0.29, 0.717) is 12.8 Å². The summed E-state index contributed by atoms with van der Waals surface area (Å²) in [7, 11) is 0. The van der Waals surface area contributed by atoms with Crippen LogP contribution in [0.3, 0.4) is 0 Å². The highest BCUT2D eigenvalue weighted by molar-refractivity contribution is 5.79. The number of carboxylic acid groups (broad SMARTS) is 1. The second kappa shape index (κ2) is 15.9. The zero-order chi connectivity index (χ0) is 33.2. The van der Waals surface area contributed by atoms with Gasteiger partial charge in [-0.1, -0.05) is 109 Å². The first-order valence-corrected chi connectivity index (χ1v) is 15.6. The van der Waals surface area contributed by atoms with Gasteiger partial charge in [-0.15, -0.1) is 0 Å². The predicted octanol–water partition coefficient (Wildman–Crippen LogP) is 4.20. The summed E-state index contributed by atoms with van der Waals surface area (Å²) in [5.41, 5.74) is 5.85. The lowest BCUT2D eigenvalue weighted by atomic mass is 9.98. The van der Waals surface area contributed by atoms with Crippen LogP contribution >= 0.6 is 0 Å². The molecule has 10 heteroatoms. The molecule has 4 aromatic carbocycles. The molecule has 244 valence electrons. The minimum atomic E-state index is -1.36. The lowest BCUT2D eigenvalue weighted by Crippen LogP contribution is -2.54. The van der Waals surface area contributed by atoms with Crippen molar-refractivity contribution in [3.63, 3.8) is 0 Å². The number of amides is 3. The lowest BCUT2D eigenvalue weighted by Gasteiger charge is -2.32. The summed E-state index contributed by atoms with van der Waals surface area (Å²) in [4.78, 5) is 38.1. The minimum absolute atomic E-state index is 0.0103. The SMILES string of the molecule is O=CN[C@@H](Cc1ccccc1)C(O)CN(C[C@@H](O)[C@H](Cc1ccccc1)NC(=O)O)C(=O)OCC1c2ccccc2-c2ccccc21. The van der Waals surface area contributed by atoms with Crippen molar-refractivity contribution in [3.05, 3.63) is 131 Å². The summed E-state index contributed by atoms with van der Waals surface area (Å²) in [6, 6.07) is 32.5. The first-order valence-electron chi connectivity index (χ1n) is 15.6. The molecular formula is C37H39N3O7. The van der Waals surface area contributed by atoms with Crippen LogP contribution in [0, 0.1) is 0 Å². The predicted molar refractivity (Wildman–Crippen MR) is 177 cm³/mol. The Morgan fingerprint density at radius 2 is 1.19 bits per heavy atom. The van der Waals surface area contributed by atoms with Gasteiger partial charge >= 0.3 is 12.2 Å². The molecule has 4 aromatic rings. The molecule has 3 amide bonds. The lowest BCUT2D eigenvalue weighted by molar-refractivity contribution is -0.111. The van der Waals surface area contributed by atoms with Gasteiger partial charge in [0.05, 0.1) is 37.4 Å². The van der Waals surface area contributed by atoms with E-state index in [-0.39, 0.29) is 32.0 Å². The molecule has 4 atom stereocenters. The normalized spacial score (nSPS) is 14.5. The van der Waals surface area contributed by atoms with Gasteiger partial charge in [-0.2, -0.15) is 0 Å². The van der Waals surface area contributed by atoms with Crippen LogP contribution in [0.5, 0.6) is 0 Å². The summed E-state index contributed by atoms with van der Waals surface area (Å²) < 4.78 is 5.88. The average molecular weight is 638 g/mol. The molecule has 0 radical (unpaired) electrons. The molecule has 1 unspecified atom stereocenters. The highest BCUT2D eigenvalue weighted by Gasteiger charge is 2.33.